The standard InChI is InChI=1S/C12H9NO3/c1-7-5-12(16-13-7)11-6-8-9(14)3-2-4-10(8)15-11/h2-6,14H,1H3. The normalized spacial score (nSPS) is 11.1. The van der Waals surface area contributed by atoms with Crippen molar-refractivity contribution in [2.24, 2.45) is 0 Å². The molecule has 1 N–H and O–H groups in total. The minimum atomic E-state index is 0.198. The van der Waals surface area contributed by atoms with E-state index in [0.717, 1.165) is 5.69 Å². The number of aromatic nitrogens is 1. The molecule has 1 aromatic carbocycles. The lowest BCUT2D eigenvalue weighted by molar-refractivity contribution is 0.416. The van der Waals surface area contributed by atoms with Crippen molar-refractivity contribution in [2.45, 2.75) is 6.92 Å². The Morgan fingerprint density at radius 3 is 2.75 bits per heavy atom. The molecule has 0 saturated carbocycles. The van der Waals surface area contributed by atoms with Gasteiger partial charge in [0.1, 0.15) is 11.3 Å². The maximum atomic E-state index is 9.63. The molecule has 3 rings (SSSR count). The highest BCUT2D eigenvalue weighted by Gasteiger charge is 2.12. The van der Waals surface area contributed by atoms with E-state index < -0.39 is 0 Å². The summed E-state index contributed by atoms with van der Waals surface area (Å²) in [6.45, 7) is 1.84. The van der Waals surface area contributed by atoms with Crippen LogP contribution in [0, 0.1) is 6.92 Å². The SMILES string of the molecule is Cc1cc(-c2cc3c(O)cccc3o2)on1. The maximum Gasteiger partial charge on any atom is 0.202 e. The summed E-state index contributed by atoms with van der Waals surface area (Å²) in [5.41, 5.74) is 1.42. The summed E-state index contributed by atoms with van der Waals surface area (Å²) in [4.78, 5) is 0. The van der Waals surface area contributed by atoms with E-state index in [9.17, 15) is 5.11 Å². The number of rotatable bonds is 1. The topological polar surface area (TPSA) is 59.4 Å². The van der Waals surface area contributed by atoms with Gasteiger partial charge in [0.15, 0.2) is 5.76 Å². The molecule has 0 bridgehead atoms. The molecular weight excluding hydrogens is 206 g/mol. The van der Waals surface area contributed by atoms with Gasteiger partial charge in [0, 0.05) is 6.07 Å². The van der Waals surface area contributed by atoms with Crippen molar-refractivity contribution in [1.29, 1.82) is 0 Å². The molecular formula is C12H9NO3. The highest BCUT2D eigenvalue weighted by atomic mass is 16.5. The second-order valence-electron chi connectivity index (χ2n) is 3.63. The van der Waals surface area contributed by atoms with E-state index in [1.54, 1.807) is 30.3 Å². The number of phenolic OH excluding ortho intramolecular Hbond substituents is 1. The number of nitrogens with zero attached hydrogens (tertiary/aromatic N) is 1. The van der Waals surface area contributed by atoms with E-state index in [-0.39, 0.29) is 5.75 Å². The number of phenols is 1. The molecule has 3 aromatic rings. The van der Waals surface area contributed by atoms with Crippen LogP contribution in [0.5, 0.6) is 5.75 Å². The Kier molecular flexibility index (Phi) is 1.77. The van der Waals surface area contributed by atoms with Gasteiger partial charge in [0.25, 0.3) is 0 Å². The van der Waals surface area contributed by atoms with Crippen LogP contribution in [0.25, 0.3) is 22.5 Å². The Bertz CT molecular complexity index is 651. The van der Waals surface area contributed by atoms with Gasteiger partial charge in [-0.3, -0.25) is 0 Å². The molecule has 0 amide bonds. The van der Waals surface area contributed by atoms with Crippen molar-refractivity contribution in [3.63, 3.8) is 0 Å². The first kappa shape index (κ1) is 9.03. The fraction of sp³-hybridized carbons (Fsp3) is 0.0833. The van der Waals surface area contributed by atoms with Gasteiger partial charge in [-0.05, 0) is 25.1 Å². The van der Waals surface area contributed by atoms with Crippen LogP contribution >= 0.6 is 0 Å². The molecule has 0 radical (unpaired) electrons. The minimum absolute atomic E-state index is 0.198. The molecule has 4 heteroatoms. The van der Waals surface area contributed by atoms with Crippen molar-refractivity contribution < 1.29 is 14.0 Å². The van der Waals surface area contributed by atoms with Gasteiger partial charge in [-0.25, -0.2) is 0 Å². The van der Waals surface area contributed by atoms with Crippen molar-refractivity contribution in [1.82, 2.24) is 5.16 Å². The molecule has 0 spiro atoms. The third-order valence-corrected chi connectivity index (χ3v) is 2.41. The predicted molar refractivity (Wildman–Crippen MR) is 58.1 cm³/mol. The number of aromatic hydroxyl groups is 1. The van der Waals surface area contributed by atoms with Gasteiger partial charge in [0.2, 0.25) is 5.76 Å². The second-order valence-corrected chi connectivity index (χ2v) is 3.63. The third kappa shape index (κ3) is 1.27. The molecule has 0 aliphatic carbocycles. The van der Waals surface area contributed by atoms with Gasteiger partial charge >= 0.3 is 0 Å². The highest BCUT2D eigenvalue weighted by molar-refractivity contribution is 5.87. The van der Waals surface area contributed by atoms with Gasteiger partial charge in [0.05, 0.1) is 11.1 Å². The summed E-state index contributed by atoms with van der Waals surface area (Å²) < 4.78 is 10.6. The fourth-order valence-corrected chi connectivity index (χ4v) is 1.65. The monoisotopic (exact) mass is 215 g/mol. The summed E-state index contributed by atoms with van der Waals surface area (Å²) >= 11 is 0. The molecule has 0 atom stereocenters. The lowest BCUT2D eigenvalue weighted by Gasteiger charge is -1.89. The quantitative estimate of drug-likeness (QED) is 0.677. The average molecular weight is 215 g/mol. The predicted octanol–water partition coefficient (Wildman–Crippen LogP) is 3.10. The lowest BCUT2D eigenvalue weighted by atomic mass is 10.2. The molecule has 0 unspecified atom stereocenters. The van der Waals surface area contributed by atoms with Crippen LogP contribution in [0.4, 0.5) is 0 Å². The number of benzene rings is 1. The molecule has 2 heterocycles. The fourth-order valence-electron chi connectivity index (χ4n) is 1.65. The number of hydrogen-bond acceptors (Lipinski definition) is 4. The first-order valence-corrected chi connectivity index (χ1v) is 4.89. The minimum Gasteiger partial charge on any atom is -0.507 e. The summed E-state index contributed by atoms with van der Waals surface area (Å²) in [5.74, 6) is 1.33. The molecule has 16 heavy (non-hydrogen) atoms. The smallest absolute Gasteiger partial charge is 0.202 e. The molecule has 0 saturated heterocycles. The summed E-state index contributed by atoms with van der Waals surface area (Å²) in [5, 5.41) is 14.1. The van der Waals surface area contributed by atoms with E-state index in [2.05, 4.69) is 5.16 Å². The van der Waals surface area contributed by atoms with Crippen LogP contribution < -0.4 is 0 Å². The van der Waals surface area contributed by atoms with Gasteiger partial charge in [-0.1, -0.05) is 11.2 Å². The van der Waals surface area contributed by atoms with Crippen LogP contribution in [-0.2, 0) is 0 Å². The van der Waals surface area contributed by atoms with Crippen molar-refractivity contribution >= 4 is 11.0 Å². The van der Waals surface area contributed by atoms with E-state index in [1.807, 2.05) is 6.92 Å². The Labute approximate surface area is 91.1 Å². The Morgan fingerprint density at radius 1 is 1.19 bits per heavy atom. The van der Waals surface area contributed by atoms with Crippen molar-refractivity contribution in [3.8, 4) is 17.3 Å². The van der Waals surface area contributed by atoms with Crippen LogP contribution in [0.3, 0.4) is 0 Å². The van der Waals surface area contributed by atoms with Gasteiger partial charge in [-0.15, -0.1) is 0 Å². The third-order valence-electron chi connectivity index (χ3n) is 2.41. The van der Waals surface area contributed by atoms with Crippen LogP contribution in [0.2, 0.25) is 0 Å². The Balaban J connectivity index is 2.22. The van der Waals surface area contributed by atoms with E-state index >= 15 is 0 Å². The van der Waals surface area contributed by atoms with E-state index in [0.29, 0.717) is 22.5 Å². The average Bonchev–Trinajstić information content (AvgIpc) is 2.84. The molecule has 0 aliphatic rings. The van der Waals surface area contributed by atoms with Gasteiger partial charge in [-0.2, -0.15) is 0 Å². The molecule has 2 aromatic heterocycles. The number of furan rings is 1. The number of aryl methyl sites for hydroxylation is 1. The summed E-state index contributed by atoms with van der Waals surface area (Å²) in [6, 6.07) is 8.67. The van der Waals surface area contributed by atoms with E-state index in [4.69, 9.17) is 8.94 Å². The highest BCUT2D eigenvalue weighted by Crippen LogP contribution is 2.32. The van der Waals surface area contributed by atoms with Crippen LogP contribution in [-0.4, -0.2) is 10.3 Å². The first-order chi connectivity index (χ1) is 7.74. The van der Waals surface area contributed by atoms with Crippen molar-refractivity contribution in [3.05, 3.63) is 36.0 Å². The summed E-state index contributed by atoms with van der Waals surface area (Å²) in [6.07, 6.45) is 0. The molecule has 80 valence electrons. The Morgan fingerprint density at radius 2 is 2.06 bits per heavy atom. The number of fused-ring (bicyclic) bond motifs is 1. The Hall–Kier alpha value is -2.23. The largest absolute Gasteiger partial charge is 0.507 e. The molecule has 0 aliphatic heterocycles. The zero-order valence-corrected chi connectivity index (χ0v) is 8.60. The van der Waals surface area contributed by atoms with Crippen molar-refractivity contribution in [2.75, 3.05) is 0 Å². The first-order valence-electron chi connectivity index (χ1n) is 4.89. The number of hydrogen-bond donors (Lipinski definition) is 1. The van der Waals surface area contributed by atoms with Crippen LogP contribution in [0.15, 0.2) is 39.3 Å². The molecule has 0 fully saturated rings. The lowest BCUT2D eigenvalue weighted by Crippen LogP contribution is -1.64. The van der Waals surface area contributed by atoms with Crippen LogP contribution in [0.1, 0.15) is 5.69 Å². The zero-order valence-electron chi connectivity index (χ0n) is 8.60. The van der Waals surface area contributed by atoms with E-state index in [1.165, 1.54) is 0 Å². The maximum absolute atomic E-state index is 9.63. The molecule has 4 nitrogen and oxygen atoms in total. The second kappa shape index (κ2) is 3.13. The zero-order chi connectivity index (χ0) is 11.1. The van der Waals surface area contributed by atoms with Gasteiger partial charge < -0.3 is 14.0 Å². The summed E-state index contributed by atoms with van der Waals surface area (Å²) in [7, 11) is 0.